The van der Waals surface area contributed by atoms with Crippen LogP contribution in [0.3, 0.4) is 0 Å². The van der Waals surface area contributed by atoms with E-state index in [0.717, 1.165) is 0 Å². The molecule has 0 rings (SSSR count). The molecule has 0 aromatic carbocycles. The van der Waals surface area contributed by atoms with Crippen molar-refractivity contribution in [3.63, 3.8) is 0 Å². The van der Waals surface area contributed by atoms with E-state index in [2.05, 4.69) is 0 Å². The first-order chi connectivity index (χ1) is 5.89. The fourth-order valence-electron chi connectivity index (χ4n) is 0. The maximum Gasteiger partial charge on any atom is 0.308 e. The maximum absolute atomic E-state index is 10.0. The van der Waals surface area contributed by atoms with Crippen molar-refractivity contribution < 1.29 is 36.6 Å². The third kappa shape index (κ3) is 13.4. The van der Waals surface area contributed by atoms with E-state index in [-0.39, 0.29) is 16.8 Å². The molecule has 0 spiro atoms. The van der Waals surface area contributed by atoms with Gasteiger partial charge in [0.2, 0.25) is 0 Å². The molecule has 2 N–H and O–H groups in total. The van der Waals surface area contributed by atoms with Gasteiger partial charge in [-0.25, -0.2) is 0 Å². The summed E-state index contributed by atoms with van der Waals surface area (Å²) < 4.78 is 0. The molecule has 0 unspecified atom stereocenters. The summed E-state index contributed by atoms with van der Waals surface area (Å²) in [5.74, 6) is -1.51. The first kappa shape index (κ1) is 19.9. The molecule has 5 heteroatoms. The molecule has 0 aromatic heterocycles. The topological polar surface area (TPSA) is 74.6 Å². The predicted octanol–water partition coefficient (Wildman–Crippen LogP) is 2.23. The average molecular weight is 263 g/mol. The van der Waals surface area contributed by atoms with Gasteiger partial charge in [-0.15, -0.1) is 0 Å². The van der Waals surface area contributed by atoms with Crippen molar-refractivity contribution in [1.82, 2.24) is 0 Å². The largest absolute Gasteiger partial charge is 0.481 e. The van der Waals surface area contributed by atoms with Gasteiger partial charge in [-0.1, -0.05) is 0 Å². The minimum atomic E-state index is -0.757. The van der Waals surface area contributed by atoms with Crippen LogP contribution in [0.15, 0.2) is 0 Å². The predicted molar refractivity (Wildman–Crippen MR) is 54.2 cm³/mol. The molecule has 0 saturated heterocycles. The van der Waals surface area contributed by atoms with Gasteiger partial charge in [-0.05, 0) is 41.5 Å². The van der Waals surface area contributed by atoms with Gasteiger partial charge in [-0.2, -0.15) is 0 Å². The Kier molecular flexibility index (Phi) is 9.10. The monoisotopic (exact) mass is 263 g/mol. The van der Waals surface area contributed by atoms with Crippen LogP contribution in [0.5, 0.6) is 0 Å². The van der Waals surface area contributed by atoms with E-state index in [0.29, 0.717) is 0 Å². The SMILES string of the molecule is CC(C)(C)C(=O)O.CC(C)(C)C(=O)O.[Co]. The van der Waals surface area contributed by atoms with Crippen LogP contribution in [-0.2, 0) is 26.4 Å². The summed E-state index contributed by atoms with van der Waals surface area (Å²) in [5, 5.41) is 16.5. The molecule has 0 bridgehead atoms. The molecule has 15 heavy (non-hydrogen) atoms. The summed E-state index contributed by atoms with van der Waals surface area (Å²) >= 11 is 0. The number of carboxylic acid groups (broad SMARTS) is 2. The molecule has 0 aromatic rings. The molecule has 0 amide bonds. The Hall–Kier alpha value is -0.554. The van der Waals surface area contributed by atoms with Crippen molar-refractivity contribution >= 4 is 11.9 Å². The molecule has 1 radical (unpaired) electrons. The van der Waals surface area contributed by atoms with E-state index in [4.69, 9.17) is 10.2 Å². The standard InChI is InChI=1S/2C5H10O2.Co/c2*1-5(2,3)4(6)7;/h2*1-3H3,(H,6,7);. The number of rotatable bonds is 0. The van der Waals surface area contributed by atoms with E-state index < -0.39 is 22.8 Å². The fraction of sp³-hybridized carbons (Fsp3) is 0.800. The molecule has 0 aliphatic rings. The van der Waals surface area contributed by atoms with Crippen LogP contribution < -0.4 is 0 Å². The minimum Gasteiger partial charge on any atom is -0.481 e. The quantitative estimate of drug-likeness (QED) is 0.702. The summed E-state index contributed by atoms with van der Waals surface area (Å²) in [6.07, 6.45) is 0. The van der Waals surface area contributed by atoms with Gasteiger partial charge in [0.15, 0.2) is 0 Å². The second-order valence-electron chi connectivity index (χ2n) is 5.11. The number of hydrogen-bond acceptors (Lipinski definition) is 2. The van der Waals surface area contributed by atoms with E-state index in [1.165, 1.54) is 0 Å². The number of carbonyl (C=O) groups is 2. The zero-order valence-electron chi connectivity index (χ0n) is 10.0. The van der Waals surface area contributed by atoms with Gasteiger partial charge >= 0.3 is 11.9 Å². The van der Waals surface area contributed by atoms with Crippen LogP contribution >= 0.6 is 0 Å². The van der Waals surface area contributed by atoms with Crippen molar-refractivity contribution in [2.24, 2.45) is 10.8 Å². The fourth-order valence-corrected chi connectivity index (χ4v) is 0. The molecule has 0 aliphatic heterocycles. The van der Waals surface area contributed by atoms with E-state index in [9.17, 15) is 9.59 Å². The first-order valence-electron chi connectivity index (χ1n) is 4.36. The maximum atomic E-state index is 10.0. The van der Waals surface area contributed by atoms with Crippen LogP contribution in [0.4, 0.5) is 0 Å². The van der Waals surface area contributed by atoms with Gasteiger partial charge in [0, 0.05) is 16.8 Å². The van der Waals surface area contributed by atoms with E-state index in [1.807, 2.05) is 0 Å². The third-order valence-electron chi connectivity index (χ3n) is 1.28. The van der Waals surface area contributed by atoms with E-state index >= 15 is 0 Å². The van der Waals surface area contributed by atoms with Crippen molar-refractivity contribution in [1.29, 1.82) is 0 Å². The summed E-state index contributed by atoms with van der Waals surface area (Å²) in [4.78, 5) is 20.0. The molecule has 0 atom stereocenters. The Morgan fingerprint density at radius 1 is 0.733 bits per heavy atom. The summed E-state index contributed by atoms with van der Waals surface area (Å²) in [6.45, 7) is 9.97. The van der Waals surface area contributed by atoms with Crippen molar-refractivity contribution in [3.05, 3.63) is 0 Å². The Morgan fingerprint density at radius 2 is 0.800 bits per heavy atom. The zero-order chi connectivity index (χ0) is 12.2. The average Bonchev–Trinajstić information content (AvgIpc) is 1.83. The van der Waals surface area contributed by atoms with Gasteiger partial charge in [0.25, 0.3) is 0 Å². The van der Waals surface area contributed by atoms with Crippen LogP contribution in [0.1, 0.15) is 41.5 Å². The second-order valence-corrected chi connectivity index (χ2v) is 5.11. The molecule has 0 saturated carbocycles. The van der Waals surface area contributed by atoms with Crippen LogP contribution in [0.25, 0.3) is 0 Å². The first-order valence-corrected chi connectivity index (χ1v) is 4.36. The molecular formula is C10H20CoO4. The summed E-state index contributed by atoms with van der Waals surface area (Å²) in [7, 11) is 0. The summed E-state index contributed by atoms with van der Waals surface area (Å²) in [6, 6.07) is 0. The van der Waals surface area contributed by atoms with Crippen molar-refractivity contribution in [3.8, 4) is 0 Å². The molecule has 0 fully saturated rings. The molecule has 93 valence electrons. The molecule has 4 nitrogen and oxygen atoms in total. The zero-order valence-corrected chi connectivity index (χ0v) is 11.1. The second kappa shape index (κ2) is 6.84. The van der Waals surface area contributed by atoms with Crippen molar-refractivity contribution in [2.75, 3.05) is 0 Å². The van der Waals surface area contributed by atoms with Crippen LogP contribution in [-0.4, -0.2) is 22.2 Å². The Balaban J connectivity index is -0.000000180. The minimum absolute atomic E-state index is 0. The van der Waals surface area contributed by atoms with Crippen molar-refractivity contribution in [2.45, 2.75) is 41.5 Å². The van der Waals surface area contributed by atoms with Gasteiger partial charge < -0.3 is 10.2 Å². The number of aliphatic carboxylic acids is 2. The molecule has 0 aliphatic carbocycles. The van der Waals surface area contributed by atoms with E-state index in [1.54, 1.807) is 41.5 Å². The molecular weight excluding hydrogens is 243 g/mol. The Morgan fingerprint density at radius 3 is 0.800 bits per heavy atom. The molecule has 0 heterocycles. The number of hydrogen-bond donors (Lipinski definition) is 2. The summed E-state index contributed by atoms with van der Waals surface area (Å²) in [5.41, 5.74) is -1.17. The number of carboxylic acids is 2. The van der Waals surface area contributed by atoms with Gasteiger partial charge in [-0.3, -0.25) is 9.59 Å². The Labute approximate surface area is 101 Å². The van der Waals surface area contributed by atoms with Gasteiger partial charge in [0.05, 0.1) is 10.8 Å². The van der Waals surface area contributed by atoms with Crippen LogP contribution in [0.2, 0.25) is 0 Å². The normalized spacial score (nSPS) is 10.5. The van der Waals surface area contributed by atoms with Crippen LogP contribution in [0, 0.1) is 10.8 Å². The smallest absolute Gasteiger partial charge is 0.308 e. The Bertz CT molecular complexity index is 186. The third-order valence-corrected chi connectivity index (χ3v) is 1.28. The van der Waals surface area contributed by atoms with Gasteiger partial charge in [0.1, 0.15) is 0 Å².